The number of hydrogen-bond acceptors (Lipinski definition) is 3. The predicted molar refractivity (Wildman–Crippen MR) is 94.1 cm³/mol. The minimum atomic E-state index is -0.0320. The summed E-state index contributed by atoms with van der Waals surface area (Å²) in [4.78, 5) is 16.1. The lowest BCUT2D eigenvalue weighted by atomic mass is 10.1. The van der Waals surface area contributed by atoms with E-state index in [0.717, 1.165) is 53.8 Å². The molecule has 0 amide bonds. The fraction of sp³-hybridized carbons (Fsp3) is 0.263. The van der Waals surface area contributed by atoms with Crippen molar-refractivity contribution in [1.29, 1.82) is 0 Å². The number of fused-ring (bicyclic) bond motifs is 1. The van der Waals surface area contributed by atoms with E-state index in [2.05, 4.69) is 4.57 Å². The maximum atomic E-state index is 11.3. The van der Waals surface area contributed by atoms with Crippen LogP contribution in [0.3, 0.4) is 0 Å². The number of aromatic nitrogens is 2. The summed E-state index contributed by atoms with van der Waals surface area (Å²) in [7, 11) is 0. The number of rotatable bonds is 3. The zero-order valence-electron chi connectivity index (χ0n) is 13.3. The lowest BCUT2D eigenvalue weighted by molar-refractivity contribution is 0.104. The highest BCUT2D eigenvalue weighted by molar-refractivity contribution is 6.31. The maximum Gasteiger partial charge on any atom is 0.150 e. The number of carbonyl (C=O) groups is 1. The first-order chi connectivity index (χ1) is 11.7. The van der Waals surface area contributed by atoms with Crippen LogP contribution in [0, 0.1) is 6.92 Å². The standard InChI is InChI=1S/C19H17ClN2O2/c1-12-13(11-23)4-2-5-16(12)22-17-8-7-14(20)10-15(17)21-19(22)18-6-3-9-24-18/h2,4-5,7-8,10-11,18H,3,6,9H2,1H3/t18-/m1/s1. The lowest BCUT2D eigenvalue weighted by Crippen LogP contribution is -2.09. The summed E-state index contributed by atoms with van der Waals surface area (Å²) in [6.07, 6.45) is 2.84. The molecule has 0 bridgehead atoms. The average molecular weight is 341 g/mol. The normalized spacial score (nSPS) is 17.5. The molecule has 1 atom stereocenters. The smallest absolute Gasteiger partial charge is 0.150 e. The summed E-state index contributed by atoms with van der Waals surface area (Å²) in [5, 5.41) is 0.657. The molecule has 1 aliphatic heterocycles. The molecule has 1 fully saturated rings. The average Bonchev–Trinajstić information content (AvgIpc) is 3.22. The van der Waals surface area contributed by atoms with E-state index < -0.39 is 0 Å². The lowest BCUT2D eigenvalue weighted by Gasteiger charge is -2.16. The van der Waals surface area contributed by atoms with Gasteiger partial charge in [-0.05, 0) is 49.6 Å². The zero-order valence-corrected chi connectivity index (χ0v) is 14.1. The molecule has 0 unspecified atom stereocenters. The van der Waals surface area contributed by atoms with Crippen molar-refractivity contribution in [1.82, 2.24) is 9.55 Å². The number of carbonyl (C=O) groups excluding carboxylic acids is 1. The number of ether oxygens (including phenoxy) is 1. The van der Waals surface area contributed by atoms with Crippen molar-refractivity contribution in [2.45, 2.75) is 25.9 Å². The summed E-state index contributed by atoms with van der Waals surface area (Å²) in [5.74, 6) is 0.871. The topological polar surface area (TPSA) is 44.1 Å². The van der Waals surface area contributed by atoms with Crippen LogP contribution in [-0.4, -0.2) is 22.4 Å². The number of benzene rings is 2. The van der Waals surface area contributed by atoms with Gasteiger partial charge in [0, 0.05) is 17.2 Å². The molecule has 1 aromatic heterocycles. The van der Waals surface area contributed by atoms with E-state index in [0.29, 0.717) is 10.6 Å². The van der Waals surface area contributed by atoms with Gasteiger partial charge in [-0.2, -0.15) is 0 Å². The van der Waals surface area contributed by atoms with Gasteiger partial charge in [-0.15, -0.1) is 0 Å². The molecule has 2 heterocycles. The van der Waals surface area contributed by atoms with Gasteiger partial charge < -0.3 is 4.74 Å². The molecule has 2 aromatic carbocycles. The molecule has 5 heteroatoms. The molecule has 4 rings (SSSR count). The third kappa shape index (κ3) is 2.43. The Balaban J connectivity index is 2.02. The summed E-state index contributed by atoms with van der Waals surface area (Å²) in [5.41, 5.74) is 4.37. The molecule has 4 nitrogen and oxygen atoms in total. The minimum Gasteiger partial charge on any atom is -0.370 e. The second-order valence-corrected chi connectivity index (χ2v) is 6.49. The highest BCUT2D eigenvalue weighted by Gasteiger charge is 2.26. The highest BCUT2D eigenvalue weighted by atomic mass is 35.5. The number of halogens is 1. The van der Waals surface area contributed by atoms with E-state index in [1.54, 1.807) is 0 Å². The van der Waals surface area contributed by atoms with Crippen LogP contribution in [-0.2, 0) is 4.74 Å². The fourth-order valence-electron chi connectivity index (χ4n) is 3.33. The second kappa shape index (κ2) is 6.04. The van der Waals surface area contributed by atoms with Crippen molar-refractivity contribution in [2.75, 3.05) is 6.61 Å². The van der Waals surface area contributed by atoms with Crippen LogP contribution in [0.5, 0.6) is 0 Å². The van der Waals surface area contributed by atoms with Crippen LogP contribution >= 0.6 is 11.6 Å². The third-order valence-corrected chi connectivity index (χ3v) is 4.81. The van der Waals surface area contributed by atoms with Gasteiger partial charge in [-0.3, -0.25) is 9.36 Å². The van der Waals surface area contributed by atoms with E-state index in [4.69, 9.17) is 21.3 Å². The fourth-order valence-corrected chi connectivity index (χ4v) is 3.50. The number of hydrogen-bond donors (Lipinski definition) is 0. The van der Waals surface area contributed by atoms with Crippen molar-refractivity contribution in [3.8, 4) is 5.69 Å². The maximum absolute atomic E-state index is 11.3. The molecule has 0 radical (unpaired) electrons. The van der Waals surface area contributed by atoms with Gasteiger partial charge in [-0.25, -0.2) is 4.98 Å². The first-order valence-electron chi connectivity index (χ1n) is 8.03. The van der Waals surface area contributed by atoms with Crippen LogP contribution in [0.25, 0.3) is 16.7 Å². The Bertz CT molecular complexity index is 927. The Kier molecular flexibility index (Phi) is 3.87. The Morgan fingerprint density at radius 1 is 1.33 bits per heavy atom. The van der Waals surface area contributed by atoms with Crippen LogP contribution in [0.2, 0.25) is 5.02 Å². The second-order valence-electron chi connectivity index (χ2n) is 6.05. The summed E-state index contributed by atoms with van der Waals surface area (Å²) in [6, 6.07) is 11.4. The Morgan fingerprint density at radius 2 is 2.21 bits per heavy atom. The van der Waals surface area contributed by atoms with E-state index in [9.17, 15) is 4.79 Å². The van der Waals surface area contributed by atoms with Crippen LogP contribution in [0.1, 0.15) is 40.7 Å². The highest BCUT2D eigenvalue weighted by Crippen LogP contribution is 2.34. The van der Waals surface area contributed by atoms with E-state index in [1.165, 1.54) is 0 Å². The van der Waals surface area contributed by atoms with Gasteiger partial charge in [0.15, 0.2) is 0 Å². The molecule has 1 saturated heterocycles. The monoisotopic (exact) mass is 340 g/mol. The van der Waals surface area contributed by atoms with Crippen molar-refractivity contribution < 1.29 is 9.53 Å². The minimum absolute atomic E-state index is 0.0320. The summed E-state index contributed by atoms with van der Waals surface area (Å²) < 4.78 is 7.97. The van der Waals surface area contributed by atoms with Crippen molar-refractivity contribution in [3.05, 3.63) is 58.4 Å². The Labute approximate surface area is 145 Å². The van der Waals surface area contributed by atoms with Gasteiger partial charge in [0.1, 0.15) is 18.2 Å². The Hall–Kier alpha value is -2.17. The SMILES string of the molecule is Cc1c(C=O)cccc1-n1c([C@H]2CCCO2)nc2cc(Cl)ccc21. The molecule has 0 aliphatic carbocycles. The van der Waals surface area contributed by atoms with Crippen LogP contribution < -0.4 is 0 Å². The van der Waals surface area contributed by atoms with Crippen molar-refractivity contribution in [3.63, 3.8) is 0 Å². The third-order valence-electron chi connectivity index (χ3n) is 4.58. The van der Waals surface area contributed by atoms with E-state index in [-0.39, 0.29) is 6.10 Å². The largest absolute Gasteiger partial charge is 0.370 e. The van der Waals surface area contributed by atoms with Crippen LogP contribution in [0.15, 0.2) is 36.4 Å². The van der Waals surface area contributed by atoms with Crippen molar-refractivity contribution in [2.24, 2.45) is 0 Å². The van der Waals surface area contributed by atoms with Gasteiger partial charge in [-0.1, -0.05) is 23.7 Å². The zero-order chi connectivity index (χ0) is 16.7. The van der Waals surface area contributed by atoms with E-state index in [1.807, 2.05) is 43.3 Å². The molecule has 1 aliphatic rings. The van der Waals surface area contributed by atoms with Crippen molar-refractivity contribution >= 4 is 28.9 Å². The predicted octanol–water partition coefficient (Wildman–Crippen LogP) is 4.65. The quantitative estimate of drug-likeness (QED) is 0.652. The molecule has 0 saturated carbocycles. The molecule has 0 N–H and O–H groups in total. The molecule has 3 aromatic rings. The molecular formula is C19H17ClN2O2. The van der Waals surface area contributed by atoms with Gasteiger partial charge >= 0.3 is 0 Å². The van der Waals surface area contributed by atoms with E-state index >= 15 is 0 Å². The number of nitrogens with zero attached hydrogens (tertiary/aromatic N) is 2. The molecule has 24 heavy (non-hydrogen) atoms. The molecular weight excluding hydrogens is 324 g/mol. The Morgan fingerprint density at radius 3 is 2.96 bits per heavy atom. The molecule has 0 spiro atoms. The van der Waals surface area contributed by atoms with Crippen LogP contribution in [0.4, 0.5) is 0 Å². The first-order valence-corrected chi connectivity index (χ1v) is 8.41. The van der Waals surface area contributed by atoms with Gasteiger partial charge in [0.05, 0.1) is 16.7 Å². The number of aldehydes is 1. The summed E-state index contributed by atoms with van der Waals surface area (Å²) >= 11 is 6.14. The number of imidazole rings is 1. The van der Waals surface area contributed by atoms with Gasteiger partial charge in [0.2, 0.25) is 0 Å². The summed E-state index contributed by atoms with van der Waals surface area (Å²) in [6.45, 7) is 2.71. The molecule has 122 valence electrons. The first kappa shape index (κ1) is 15.4. The van der Waals surface area contributed by atoms with Gasteiger partial charge in [0.25, 0.3) is 0 Å².